The Hall–Kier alpha value is -1.39. The van der Waals surface area contributed by atoms with Gasteiger partial charge in [0.15, 0.2) is 0 Å². The van der Waals surface area contributed by atoms with E-state index in [0.29, 0.717) is 0 Å². The summed E-state index contributed by atoms with van der Waals surface area (Å²) in [7, 11) is 0. The number of rotatable bonds is 2. The average molecular weight is 221 g/mol. The first kappa shape index (κ1) is 10.1. The van der Waals surface area contributed by atoms with Gasteiger partial charge in [-0.2, -0.15) is 0 Å². The van der Waals surface area contributed by atoms with Crippen LogP contribution in [0.5, 0.6) is 0 Å². The maximum atomic E-state index is 10.8. The Kier molecular flexibility index (Phi) is 2.46. The van der Waals surface area contributed by atoms with Gasteiger partial charge in [0.1, 0.15) is 6.04 Å². The van der Waals surface area contributed by atoms with Crippen molar-refractivity contribution >= 4 is 27.4 Å². The summed E-state index contributed by atoms with van der Waals surface area (Å²) >= 11 is 1.45. The normalized spacial score (nSPS) is 12.9. The molecular weight excluding hydrogens is 210 g/mol. The Labute approximate surface area is 91.1 Å². The van der Waals surface area contributed by atoms with Crippen LogP contribution in [-0.4, -0.2) is 11.1 Å². The molecular formula is C11H11NO2S. The summed E-state index contributed by atoms with van der Waals surface area (Å²) in [4.78, 5) is 11.5. The maximum absolute atomic E-state index is 10.8. The number of hydrogen-bond acceptors (Lipinski definition) is 3. The Bertz CT molecular complexity index is 518. The fourth-order valence-electron chi connectivity index (χ4n) is 1.60. The van der Waals surface area contributed by atoms with Crippen LogP contribution in [-0.2, 0) is 4.79 Å². The number of aryl methyl sites for hydroxylation is 1. The van der Waals surface area contributed by atoms with Gasteiger partial charge in [-0.05, 0) is 23.9 Å². The van der Waals surface area contributed by atoms with Crippen molar-refractivity contribution in [2.45, 2.75) is 13.0 Å². The highest BCUT2D eigenvalue weighted by Gasteiger charge is 2.20. The van der Waals surface area contributed by atoms with E-state index in [1.165, 1.54) is 11.3 Å². The van der Waals surface area contributed by atoms with Crippen molar-refractivity contribution < 1.29 is 9.90 Å². The molecule has 0 aliphatic rings. The number of aliphatic carboxylic acids is 1. The molecule has 0 spiro atoms. The van der Waals surface area contributed by atoms with Crippen molar-refractivity contribution in [1.29, 1.82) is 0 Å². The molecule has 0 fully saturated rings. The molecule has 78 valence electrons. The van der Waals surface area contributed by atoms with E-state index in [0.717, 1.165) is 20.5 Å². The van der Waals surface area contributed by atoms with Crippen LogP contribution in [0.15, 0.2) is 24.3 Å². The highest BCUT2D eigenvalue weighted by Crippen LogP contribution is 2.33. The largest absolute Gasteiger partial charge is 0.480 e. The lowest BCUT2D eigenvalue weighted by Gasteiger charge is -2.04. The summed E-state index contributed by atoms with van der Waals surface area (Å²) in [5, 5.41) is 9.96. The van der Waals surface area contributed by atoms with Gasteiger partial charge in [-0.25, -0.2) is 0 Å². The van der Waals surface area contributed by atoms with Crippen LogP contribution in [0.3, 0.4) is 0 Å². The number of thiophene rings is 1. The highest BCUT2D eigenvalue weighted by atomic mass is 32.1. The summed E-state index contributed by atoms with van der Waals surface area (Å²) in [6, 6.07) is 6.93. The van der Waals surface area contributed by atoms with Crippen LogP contribution in [0.4, 0.5) is 0 Å². The van der Waals surface area contributed by atoms with E-state index in [4.69, 9.17) is 10.8 Å². The second-order valence-corrected chi connectivity index (χ2v) is 4.49. The molecule has 4 heteroatoms. The average Bonchev–Trinajstić information content (AvgIpc) is 2.56. The molecule has 2 aromatic rings. The Morgan fingerprint density at radius 3 is 2.73 bits per heavy atom. The molecule has 0 saturated carbocycles. The zero-order valence-electron chi connectivity index (χ0n) is 8.23. The molecule has 0 amide bonds. The van der Waals surface area contributed by atoms with E-state index >= 15 is 0 Å². The quantitative estimate of drug-likeness (QED) is 0.817. The van der Waals surface area contributed by atoms with Crippen molar-refractivity contribution in [2.75, 3.05) is 0 Å². The third kappa shape index (κ3) is 1.62. The first-order valence-corrected chi connectivity index (χ1v) is 5.39. The predicted octanol–water partition coefficient (Wildman–Crippen LogP) is 2.29. The van der Waals surface area contributed by atoms with E-state index in [-0.39, 0.29) is 0 Å². The minimum absolute atomic E-state index is 0.740. The van der Waals surface area contributed by atoms with Gasteiger partial charge in [-0.15, -0.1) is 11.3 Å². The number of hydrogen-bond donors (Lipinski definition) is 2. The summed E-state index contributed by atoms with van der Waals surface area (Å²) in [6.07, 6.45) is 0. The van der Waals surface area contributed by atoms with Crippen LogP contribution in [0.1, 0.15) is 16.5 Å². The van der Waals surface area contributed by atoms with Gasteiger partial charge in [-0.1, -0.05) is 18.2 Å². The summed E-state index contributed by atoms with van der Waals surface area (Å²) in [5.41, 5.74) is 6.59. The van der Waals surface area contributed by atoms with Crippen molar-refractivity contribution in [2.24, 2.45) is 5.73 Å². The molecule has 3 N–H and O–H groups in total. The third-order valence-electron chi connectivity index (χ3n) is 2.43. The number of fused-ring (bicyclic) bond motifs is 1. The maximum Gasteiger partial charge on any atom is 0.325 e. The molecule has 0 aliphatic heterocycles. The van der Waals surface area contributed by atoms with Gasteiger partial charge in [0.2, 0.25) is 0 Å². The molecule has 3 nitrogen and oxygen atoms in total. The van der Waals surface area contributed by atoms with Crippen LogP contribution < -0.4 is 5.73 Å². The van der Waals surface area contributed by atoms with Crippen LogP contribution in [0.2, 0.25) is 0 Å². The number of carbonyl (C=O) groups is 1. The van der Waals surface area contributed by atoms with E-state index in [1.807, 2.05) is 31.2 Å². The van der Waals surface area contributed by atoms with Gasteiger partial charge < -0.3 is 10.8 Å². The van der Waals surface area contributed by atoms with Crippen molar-refractivity contribution in [3.63, 3.8) is 0 Å². The minimum Gasteiger partial charge on any atom is -0.480 e. The van der Waals surface area contributed by atoms with E-state index in [1.54, 1.807) is 0 Å². The zero-order valence-corrected chi connectivity index (χ0v) is 9.04. The lowest BCUT2D eigenvalue weighted by atomic mass is 10.1. The molecule has 0 bridgehead atoms. The van der Waals surface area contributed by atoms with E-state index in [9.17, 15) is 4.79 Å². The fraction of sp³-hybridized carbons (Fsp3) is 0.182. The van der Waals surface area contributed by atoms with Gasteiger partial charge >= 0.3 is 5.97 Å². The van der Waals surface area contributed by atoms with Gasteiger partial charge in [-0.3, -0.25) is 4.79 Å². The van der Waals surface area contributed by atoms with Crippen LogP contribution in [0, 0.1) is 6.92 Å². The van der Waals surface area contributed by atoms with E-state index < -0.39 is 12.0 Å². The first-order valence-electron chi connectivity index (χ1n) is 4.57. The van der Waals surface area contributed by atoms with Gasteiger partial charge in [0.05, 0.1) is 0 Å². The van der Waals surface area contributed by atoms with Crippen molar-refractivity contribution in [3.8, 4) is 0 Å². The smallest absolute Gasteiger partial charge is 0.325 e. The van der Waals surface area contributed by atoms with Crippen molar-refractivity contribution in [1.82, 2.24) is 0 Å². The molecule has 1 atom stereocenters. The topological polar surface area (TPSA) is 63.3 Å². The van der Waals surface area contributed by atoms with Gasteiger partial charge in [0.25, 0.3) is 0 Å². The SMILES string of the molecule is Cc1c(C(N)C(=O)O)sc2ccccc12. The summed E-state index contributed by atoms with van der Waals surface area (Å²) < 4.78 is 1.08. The lowest BCUT2D eigenvalue weighted by molar-refractivity contribution is -0.138. The zero-order chi connectivity index (χ0) is 11.0. The minimum atomic E-state index is -0.982. The van der Waals surface area contributed by atoms with Crippen LogP contribution in [0.25, 0.3) is 10.1 Å². The number of carboxylic acid groups (broad SMARTS) is 1. The molecule has 15 heavy (non-hydrogen) atoms. The molecule has 1 heterocycles. The second-order valence-electron chi connectivity index (χ2n) is 3.40. The molecule has 0 saturated heterocycles. The molecule has 2 rings (SSSR count). The molecule has 1 aromatic heterocycles. The molecule has 1 unspecified atom stereocenters. The number of nitrogens with two attached hydrogens (primary N) is 1. The number of carboxylic acids is 1. The summed E-state index contributed by atoms with van der Waals surface area (Å²) in [6.45, 7) is 1.91. The van der Waals surface area contributed by atoms with Crippen molar-refractivity contribution in [3.05, 3.63) is 34.7 Å². The van der Waals surface area contributed by atoms with E-state index in [2.05, 4.69) is 0 Å². The molecule has 1 aromatic carbocycles. The fourth-order valence-corrected chi connectivity index (χ4v) is 2.81. The Morgan fingerprint density at radius 1 is 1.47 bits per heavy atom. The molecule has 0 aliphatic carbocycles. The monoisotopic (exact) mass is 221 g/mol. The standard InChI is InChI=1S/C11H11NO2S/c1-6-7-4-2-3-5-8(7)15-10(6)9(12)11(13)14/h2-5,9H,12H2,1H3,(H,13,14). The Morgan fingerprint density at radius 2 is 2.13 bits per heavy atom. The summed E-state index contributed by atoms with van der Waals surface area (Å²) in [5.74, 6) is -0.982. The number of benzene rings is 1. The lowest BCUT2D eigenvalue weighted by Crippen LogP contribution is -2.20. The predicted molar refractivity (Wildman–Crippen MR) is 61.1 cm³/mol. The van der Waals surface area contributed by atoms with Gasteiger partial charge in [0, 0.05) is 9.58 Å². The highest BCUT2D eigenvalue weighted by molar-refractivity contribution is 7.19. The van der Waals surface area contributed by atoms with Crippen LogP contribution >= 0.6 is 11.3 Å². The Balaban J connectivity index is 2.63. The molecule has 0 radical (unpaired) electrons. The third-order valence-corrected chi connectivity index (χ3v) is 3.79. The second kappa shape index (κ2) is 3.64. The first-order chi connectivity index (χ1) is 7.11.